The van der Waals surface area contributed by atoms with Gasteiger partial charge in [0.1, 0.15) is 37.1 Å². The highest BCUT2D eigenvalue weighted by Gasteiger charge is 2.27. The van der Waals surface area contributed by atoms with Gasteiger partial charge < -0.3 is 46.4 Å². The number of carbonyl (C=O) groups excluding carboxylic acids is 6. The molecular formula is C36H48N6O11. The molecule has 0 aliphatic heterocycles. The first-order valence-electron chi connectivity index (χ1n) is 16.8. The number of esters is 2. The van der Waals surface area contributed by atoms with E-state index in [1.54, 1.807) is 42.5 Å². The summed E-state index contributed by atoms with van der Waals surface area (Å²) in [6.45, 7) is 5.07. The van der Waals surface area contributed by atoms with Crippen molar-refractivity contribution < 1.29 is 53.2 Å². The van der Waals surface area contributed by atoms with Gasteiger partial charge >= 0.3 is 17.9 Å². The molecule has 8 N–H and O–H groups in total. The van der Waals surface area contributed by atoms with Crippen LogP contribution in [-0.2, 0) is 55.9 Å². The molecular weight excluding hydrogens is 692 g/mol. The van der Waals surface area contributed by atoms with Crippen LogP contribution in [0.4, 0.5) is 0 Å². The molecule has 2 aromatic rings. The van der Waals surface area contributed by atoms with Gasteiger partial charge in [-0.1, -0.05) is 56.3 Å². The van der Waals surface area contributed by atoms with E-state index < -0.39 is 72.8 Å². The van der Waals surface area contributed by atoms with Gasteiger partial charge in [0.25, 0.3) is 0 Å². The smallest absolute Gasteiger partial charge is 0.332 e. The molecule has 2 unspecified atom stereocenters. The van der Waals surface area contributed by atoms with Crippen LogP contribution >= 0.6 is 0 Å². The Kier molecular flexibility index (Phi) is 18.6. The molecule has 0 heterocycles. The number of amides is 4. The summed E-state index contributed by atoms with van der Waals surface area (Å²) in [5, 5.41) is 29.1. The Balaban J connectivity index is 1.99. The average molecular weight is 741 g/mol. The lowest BCUT2D eigenvalue weighted by molar-refractivity contribution is -0.147. The summed E-state index contributed by atoms with van der Waals surface area (Å²) < 4.78 is 9.65. The van der Waals surface area contributed by atoms with E-state index in [9.17, 15) is 43.8 Å². The Morgan fingerprint density at radius 1 is 0.717 bits per heavy atom. The molecule has 53 heavy (non-hydrogen) atoms. The Labute approximate surface area is 307 Å². The largest absolute Gasteiger partial charge is 0.508 e. The van der Waals surface area contributed by atoms with Gasteiger partial charge in [-0.15, -0.1) is 0 Å². The number of hydrazine groups is 1. The van der Waals surface area contributed by atoms with Crippen molar-refractivity contribution in [2.24, 2.45) is 5.92 Å². The number of aromatic hydroxyl groups is 1. The van der Waals surface area contributed by atoms with E-state index in [2.05, 4.69) is 32.1 Å². The number of hydrogen-bond acceptors (Lipinski definition) is 12. The predicted molar refractivity (Wildman–Crippen MR) is 190 cm³/mol. The molecule has 0 aliphatic carbocycles. The van der Waals surface area contributed by atoms with Gasteiger partial charge in [-0.05, 0) is 48.9 Å². The Bertz CT molecular complexity index is 1580. The van der Waals surface area contributed by atoms with Gasteiger partial charge in [-0.25, -0.2) is 15.0 Å². The van der Waals surface area contributed by atoms with Crippen LogP contribution in [0, 0.1) is 5.92 Å². The van der Waals surface area contributed by atoms with Crippen LogP contribution in [0.15, 0.2) is 66.4 Å². The Morgan fingerprint density at radius 3 is 1.94 bits per heavy atom. The van der Waals surface area contributed by atoms with E-state index in [4.69, 9.17) is 9.47 Å². The molecule has 0 saturated carbocycles. The maximum Gasteiger partial charge on any atom is 0.332 e. The third-order valence-electron chi connectivity index (χ3n) is 7.23. The highest BCUT2D eigenvalue weighted by atomic mass is 16.6. The fourth-order valence-corrected chi connectivity index (χ4v) is 4.66. The highest BCUT2D eigenvalue weighted by molar-refractivity contribution is 5.93. The first kappa shape index (κ1) is 43.2. The van der Waals surface area contributed by atoms with Crippen LogP contribution in [0.5, 0.6) is 5.75 Å². The lowest BCUT2D eigenvalue weighted by atomic mass is 10.0. The van der Waals surface area contributed by atoms with Crippen molar-refractivity contribution in [1.82, 2.24) is 32.1 Å². The fourth-order valence-electron chi connectivity index (χ4n) is 4.66. The van der Waals surface area contributed by atoms with Crippen molar-refractivity contribution in [1.29, 1.82) is 0 Å². The molecule has 0 bridgehead atoms. The molecule has 17 nitrogen and oxygen atoms in total. The van der Waals surface area contributed by atoms with Crippen molar-refractivity contribution in [3.63, 3.8) is 0 Å². The highest BCUT2D eigenvalue weighted by Crippen LogP contribution is 2.12. The molecule has 2 rings (SSSR count). The number of hydrogen-bond donors (Lipinski definition) is 8. The van der Waals surface area contributed by atoms with Crippen molar-refractivity contribution >= 4 is 41.5 Å². The molecule has 288 valence electrons. The molecule has 0 spiro atoms. The number of benzene rings is 2. The number of phenols is 1. The molecule has 3 atom stereocenters. The SMILES string of the molecule is CC(=O)OCCOC(=O)/C=C(/C)NNC(Cc1ccc(O)cc1)C(=O)NCC(=O)NCC(=O)N[C@@H](Cc1ccccc1)C(=O)NC(CC(C)C)C(=O)O. The van der Waals surface area contributed by atoms with E-state index in [1.807, 2.05) is 13.8 Å². The molecule has 0 aromatic heterocycles. The standard InChI is InChI=1S/C36H48N6O11/c1-22(2)16-30(36(50)51)40-35(49)28(18-25-8-6-5-7-9-25)39-32(46)21-37-31(45)20-38-34(48)29(19-26-10-12-27(44)13-11-26)42-41-23(3)17-33(47)53-15-14-52-24(4)43/h5-13,17,22,28-30,41-42,44H,14-16,18-21H2,1-4H3,(H,37,45)(H,38,48)(H,39,46)(H,40,49)(H,50,51)/b23-17-/t28-,29?,30?/m0/s1. The predicted octanol–water partition coefficient (Wildman–Crippen LogP) is -0.0170. The van der Waals surface area contributed by atoms with E-state index in [-0.39, 0.29) is 49.8 Å². The number of carboxylic acid groups (broad SMARTS) is 1. The van der Waals surface area contributed by atoms with Gasteiger partial charge in [0.05, 0.1) is 13.1 Å². The second kappa shape index (κ2) is 22.8. The van der Waals surface area contributed by atoms with Crippen LogP contribution in [-0.4, -0.2) is 96.2 Å². The quantitative estimate of drug-likeness (QED) is 0.0343. The maximum absolute atomic E-state index is 13.2. The van der Waals surface area contributed by atoms with Gasteiger partial charge in [0.2, 0.25) is 23.6 Å². The topological polar surface area (TPSA) is 251 Å². The molecule has 0 saturated heterocycles. The summed E-state index contributed by atoms with van der Waals surface area (Å²) >= 11 is 0. The zero-order chi connectivity index (χ0) is 39.3. The lowest BCUT2D eigenvalue weighted by Crippen LogP contribution is -2.54. The zero-order valence-corrected chi connectivity index (χ0v) is 30.1. The van der Waals surface area contributed by atoms with Crippen molar-refractivity contribution in [2.45, 2.75) is 65.1 Å². The third-order valence-corrected chi connectivity index (χ3v) is 7.23. The molecule has 17 heteroatoms. The molecule has 2 aromatic carbocycles. The van der Waals surface area contributed by atoms with Gasteiger partial charge in [0.15, 0.2) is 0 Å². The van der Waals surface area contributed by atoms with E-state index in [0.717, 1.165) is 6.08 Å². The van der Waals surface area contributed by atoms with Crippen LogP contribution < -0.4 is 32.1 Å². The summed E-state index contributed by atoms with van der Waals surface area (Å²) in [5.41, 5.74) is 7.15. The number of nitrogens with one attached hydrogen (secondary N) is 6. The second-order valence-electron chi connectivity index (χ2n) is 12.4. The van der Waals surface area contributed by atoms with E-state index in [0.29, 0.717) is 11.1 Å². The van der Waals surface area contributed by atoms with E-state index in [1.165, 1.54) is 26.0 Å². The summed E-state index contributed by atoms with van der Waals surface area (Å²) in [7, 11) is 0. The second-order valence-corrected chi connectivity index (χ2v) is 12.4. The van der Waals surface area contributed by atoms with Gasteiger partial charge in [-0.3, -0.25) is 24.0 Å². The minimum Gasteiger partial charge on any atom is -0.508 e. The number of ether oxygens (including phenoxy) is 2. The van der Waals surface area contributed by atoms with Crippen LogP contribution in [0.1, 0.15) is 45.2 Å². The monoisotopic (exact) mass is 740 g/mol. The first-order valence-corrected chi connectivity index (χ1v) is 16.8. The van der Waals surface area contributed by atoms with Crippen LogP contribution in [0.3, 0.4) is 0 Å². The Morgan fingerprint density at radius 2 is 1.32 bits per heavy atom. The number of carboxylic acids is 1. The molecule has 0 radical (unpaired) electrons. The van der Waals surface area contributed by atoms with Gasteiger partial charge in [-0.2, -0.15) is 0 Å². The van der Waals surface area contributed by atoms with E-state index >= 15 is 0 Å². The minimum atomic E-state index is -1.21. The third kappa shape index (κ3) is 18.2. The first-order chi connectivity index (χ1) is 25.1. The number of allylic oxidation sites excluding steroid dienone is 1. The minimum absolute atomic E-state index is 0.0204. The summed E-state index contributed by atoms with van der Waals surface area (Å²) in [6.07, 6.45) is 1.44. The number of carbonyl (C=O) groups is 7. The fraction of sp³-hybridized carbons (Fsp3) is 0.417. The number of rotatable bonds is 22. The zero-order valence-electron chi connectivity index (χ0n) is 30.1. The van der Waals surface area contributed by atoms with Crippen molar-refractivity contribution in [3.8, 4) is 5.75 Å². The summed E-state index contributed by atoms with van der Waals surface area (Å²) in [6, 6.07) is 11.6. The lowest BCUT2D eigenvalue weighted by Gasteiger charge is -2.22. The molecule has 0 fully saturated rings. The molecule has 4 amide bonds. The van der Waals surface area contributed by atoms with Crippen molar-refractivity contribution in [3.05, 3.63) is 77.5 Å². The van der Waals surface area contributed by atoms with Crippen molar-refractivity contribution in [2.75, 3.05) is 26.3 Å². The van der Waals surface area contributed by atoms with Crippen LogP contribution in [0.2, 0.25) is 0 Å². The maximum atomic E-state index is 13.2. The summed E-state index contributed by atoms with van der Waals surface area (Å²) in [5.74, 6) is -5.21. The summed E-state index contributed by atoms with van der Waals surface area (Å²) in [4.78, 5) is 86.4. The van der Waals surface area contributed by atoms with Crippen LogP contribution in [0.25, 0.3) is 0 Å². The number of aliphatic carboxylic acids is 1. The average Bonchev–Trinajstić information content (AvgIpc) is 3.10. The molecule has 0 aliphatic rings. The Hall–Kier alpha value is -5.97. The van der Waals surface area contributed by atoms with Gasteiger partial charge in [0, 0.05) is 25.1 Å². The normalized spacial score (nSPS) is 12.7. The number of phenolic OH excluding ortho intramolecular Hbond substituents is 1.